The number of aromatic nitrogens is 3. The molecule has 0 saturated carbocycles. The van der Waals surface area contributed by atoms with Gasteiger partial charge in [0.25, 0.3) is 0 Å². The third-order valence-corrected chi connectivity index (χ3v) is 2.51. The molecule has 2 rings (SSSR count). The van der Waals surface area contributed by atoms with E-state index in [2.05, 4.69) is 10.1 Å². The number of aliphatic hydroxyl groups excluding tert-OH is 1. The fourth-order valence-electron chi connectivity index (χ4n) is 1.38. The minimum atomic E-state index is -0.504. The molecule has 0 aliphatic rings. The van der Waals surface area contributed by atoms with E-state index < -0.39 is 6.10 Å². The van der Waals surface area contributed by atoms with Crippen molar-refractivity contribution in [3.8, 4) is 5.69 Å². The Morgan fingerprint density at radius 1 is 1.44 bits per heavy atom. The fraction of sp³-hybridized carbons (Fsp3) is 0.273. The quantitative estimate of drug-likeness (QED) is 0.892. The van der Waals surface area contributed by atoms with Crippen LogP contribution in [0.4, 0.5) is 0 Å². The Balaban J connectivity index is 2.25. The van der Waals surface area contributed by atoms with E-state index in [1.165, 1.54) is 0 Å². The Kier molecular flexibility index (Phi) is 3.22. The average Bonchev–Trinajstić information content (AvgIpc) is 2.75. The highest BCUT2D eigenvalue weighted by molar-refractivity contribution is 6.30. The predicted octanol–water partition coefficient (Wildman–Crippen LogP) is 2.36. The van der Waals surface area contributed by atoms with Crippen molar-refractivity contribution in [2.75, 3.05) is 0 Å². The number of halogens is 1. The van der Waals surface area contributed by atoms with Crippen LogP contribution in [0.25, 0.3) is 5.69 Å². The van der Waals surface area contributed by atoms with Gasteiger partial charge < -0.3 is 5.11 Å². The SMILES string of the molecule is CC[C@H](O)c1ccc(-n2cc(Cl)cn2)cn1. The largest absolute Gasteiger partial charge is 0.387 e. The molecule has 5 heteroatoms. The van der Waals surface area contributed by atoms with Crippen molar-refractivity contribution in [2.45, 2.75) is 19.4 Å². The summed E-state index contributed by atoms with van der Waals surface area (Å²) in [6.07, 6.45) is 5.08. The van der Waals surface area contributed by atoms with Crippen molar-refractivity contribution in [1.82, 2.24) is 14.8 Å². The molecule has 16 heavy (non-hydrogen) atoms. The van der Waals surface area contributed by atoms with Crippen LogP contribution in [0.3, 0.4) is 0 Å². The number of aliphatic hydroxyl groups is 1. The molecule has 4 nitrogen and oxygen atoms in total. The van der Waals surface area contributed by atoms with Crippen molar-refractivity contribution < 1.29 is 5.11 Å². The molecule has 0 spiro atoms. The lowest BCUT2D eigenvalue weighted by atomic mass is 10.2. The highest BCUT2D eigenvalue weighted by Crippen LogP contribution is 2.16. The van der Waals surface area contributed by atoms with E-state index >= 15 is 0 Å². The fourth-order valence-corrected chi connectivity index (χ4v) is 1.52. The standard InChI is InChI=1S/C11H12ClN3O/c1-2-11(16)10-4-3-9(6-13-10)15-7-8(12)5-14-15/h3-7,11,16H,2H2,1H3/t11-/m0/s1. The summed E-state index contributed by atoms with van der Waals surface area (Å²) in [5.74, 6) is 0. The summed E-state index contributed by atoms with van der Waals surface area (Å²) in [6, 6.07) is 3.64. The van der Waals surface area contributed by atoms with Crippen molar-refractivity contribution in [2.24, 2.45) is 0 Å². The van der Waals surface area contributed by atoms with E-state index in [-0.39, 0.29) is 0 Å². The summed E-state index contributed by atoms with van der Waals surface area (Å²) in [5, 5.41) is 14.2. The number of pyridine rings is 1. The lowest BCUT2D eigenvalue weighted by Crippen LogP contribution is -2.01. The minimum Gasteiger partial charge on any atom is -0.387 e. The zero-order valence-electron chi connectivity index (χ0n) is 8.84. The van der Waals surface area contributed by atoms with E-state index in [9.17, 15) is 5.11 Å². The number of rotatable bonds is 3. The van der Waals surface area contributed by atoms with E-state index in [4.69, 9.17) is 11.6 Å². The van der Waals surface area contributed by atoms with Crippen LogP contribution < -0.4 is 0 Å². The first-order valence-corrected chi connectivity index (χ1v) is 5.43. The van der Waals surface area contributed by atoms with Gasteiger partial charge in [0.2, 0.25) is 0 Å². The van der Waals surface area contributed by atoms with E-state index in [1.807, 2.05) is 13.0 Å². The Morgan fingerprint density at radius 3 is 2.75 bits per heavy atom. The van der Waals surface area contributed by atoms with Gasteiger partial charge in [0.05, 0.1) is 34.9 Å². The van der Waals surface area contributed by atoms with Crippen LogP contribution in [-0.4, -0.2) is 19.9 Å². The van der Waals surface area contributed by atoms with Gasteiger partial charge in [-0.2, -0.15) is 5.10 Å². The van der Waals surface area contributed by atoms with Crippen LogP contribution >= 0.6 is 11.6 Å². The smallest absolute Gasteiger partial charge is 0.0957 e. The highest BCUT2D eigenvalue weighted by Gasteiger charge is 2.06. The van der Waals surface area contributed by atoms with Gasteiger partial charge in [0.1, 0.15) is 0 Å². The molecular weight excluding hydrogens is 226 g/mol. The molecule has 84 valence electrons. The maximum absolute atomic E-state index is 9.59. The lowest BCUT2D eigenvalue weighted by Gasteiger charge is -2.07. The summed E-state index contributed by atoms with van der Waals surface area (Å²) in [6.45, 7) is 1.91. The molecule has 0 aromatic carbocycles. The van der Waals surface area contributed by atoms with Crippen LogP contribution in [0, 0.1) is 0 Å². The Morgan fingerprint density at radius 2 is 2.25 bits per heavy atom. The molecule has 0 fully saturated rings. The maximum Gasteiger partial charge on any atom is 0.0957 e. The lowest BCUT2D eigenvalue weighted by molar-refractivity contribution is 0.169. The molecule has 2 heterocycles. The van der Waals surface area contributed by atoms with Crippen LogP contribution in [0.2, 0.25) is 5.02 Å². The second-order valence-electron chi connectivity index (χ2n) is 3.47. The molecular formula is C11H12ClN3O. The maximum atomic E-state index is 9.59. The zero-order chi connectivity index (χ0) is 11.5. The van der Waals surface area contributed by atoms with Crippen LogP contribution in [0.15, 0.2) is 30.7 Å². The van der Waals surface area contributed by atoms with Crippen LogP contribution in [0.1, 0.15) is 25.1 Å². The van der Waals surface area contributed by atoms with Gasteiger partial charge in [0, 0.05) is 6.20 Å². The van der Waals surface area contributed by atoms with Crippen molar-refractivity contribution in [3.05, 3.63) is 41.4 Å². The van der Waals surface area contributed by atoms with Gasteiger partial charge in [-0.15, -0.1) is 0 Å². The topological polar surface area (TPSA) is 50.9 Å². The van der Waals surface area contributed by atoms with Gasteiger partial charge in [-0.1, -0.05) is 18.5 Å². The van der Waals surface area contributed by atoms with Gasteiger partial charge in [0.15, 0.2) is 0 Å². The van der Waals surface area contributed by atoms with Crippen molar-refractivity contribution in [3.63, 3.8) is 0 Å². The molecule has 0 unspecified atom stereocenters. The van der Waals surface area contributed by atoms with Crippen molar-refractivity contribution >= 4 is 11.6 Å². The second-order valence-corrected chi connectivity index (χ2v) is 3.90. The summed E-state index contributed by atoms with van der Waals surface area (Å²) in [5.41, 5.74) is 1.49. The molecule has 0 aliphatic carbocycles. The second kappa shape index (κ2) is 4.63. The van der Waals surface area contributed by atoms with Gasteiger partial charge in [-0.3, -0.25) is 4.98 Å². The highest BCUT2D eigenvalue weighted by atomic mass is 35.5. The zero-order valence-corrected chi connectivity index (χ0v) is 9.59. The molecule has 0 bridgehead atoms. The molecule has 0 amide bonds. The molecule has 1 N–H and O–H groups in total. The first-order chi connectivity index (χ1) is 7.70. The summed E-state index contributed by atoms with van der Waals surface area (Å²) in [7, 11) is 0. The molecule has 0 radical (unpaired) electrons. The average molecular weight is 238 g/mol. The summed E-state index contributed by atoms with van der Waals surface area (Å²) in [4.78, 5) is 4.18. The molecule has 0 saturated heterocycles. The van der Waals surface area contributed by atoms with E-state index in [0.717, 1.165) is 5.69 Å². The monoisotopic (exact) mass is 237 g/mol. The molecule has 1 atom stereocenters. The van der Waals surface area contributed by atoms with Gasteiger partial charge >= 0.3 is 0 Å². The van der Waals surface area contributed by atoms with Gasteiger partial charge in [-0.25, -0.2) is 4.68 Å². The predicted molar refractivity (Wildman–Crippen MR) is 61.6 cm³/mol. The van der Waals surface area contributed by atoms with E-state index in [0.29, 0.717) is 17.1 Å². The Bertz CT molecular complexity index is 466. The third-order valence-electron chi connectivity index (χ3n) is 2.31. The van der Waals surface area contributed by atoms with Gasteiger partial charge in [-0.05, 0) is 18.6 Å². The first-order valence-electron chi connectivity index (χ1n) is 5.05. The van der Waals surface area contributed by atoms with E-state index in [1.54, 1.807) is 29.3 Å². The van der Waals surface area contributed by atoms with Crippen LogP contribution in [-0.2, 0) is 0 Å². The van der Waals surface area contributed by atoms with Crippen molar-refractivity contribution in [1.29, 1.82) is 0 Å². The molecule has 2 aromatic rings. The first kappa shape index (κ1) is 11.1. The Hall–Kier alpha value is -1.39. The molecule has 0 aliphatic heterocycles. The normalized spacial score (nSPS) is 12.7. The summed E-state index contributed by atoms with van der Waals surface area (Å²) >= 11 is 5.77. The third kappa shape index (κ3) is 2.23. The Labute approximate surface area is 98.5 Å². The number of hydrogen-bond donors (Lipinski definition) is 1. The molecule has 2 aromatic heterocycles. The minimum absolute atomic E-state index is 0.504. The number of hydrogen-bond acceptors (Lipinski definition) is 3. The number of nitrogens with zero attached hydrogens (tertiary/aromatic N) is 3. The van der Waals surface area contributed by atoms with Crippen LogP contribution in [0.5, 0.6) is 0 Å². The summed E-state index contributed by atoms with van der Waals surface area (Å²) < 4.78 is 1.64.